The van der Waals surface area contributed by atoms with E-state index in [2.05, 4.69) is 15.1 Å². The van der Waals surface area contributed by atoms with Gasteiger partial charge in [-0.1, -0.05) is 18.2 Å². The van der Waals surface area contributed by atoms with Crippen LogP contribution in [-0.4, -0.2) is 54.7 Å². The zero-order valence-electron chi connectivity index (χ0n) is 17.2. The van der Waals surface area contributed by atoms with Crippen LogP contribution in [0.3, 0.4) is 0 Å². The fourth-order valence-corrected chi connectivity index (χ4v) is 3.27. The number of hydrogen-bond acceptors (Lipinski definition) is 7. The van der Waals surface area contributed by atoms with Gasteiger partial charge in [0.25, 0.3) is 0 Å². The molecule has 8 heteroatoms. The van der Waals surface area contributed by atoms with E-state index in [0.717, 1.165) is 24.5 Å². The average molecular weight is 432 g/mol. The van der Waals surface area contributed by atoms with Crippen molar-refractivity contribution < 1.29 is 18.3 Å². The van der Waals surface area contributed by atoms with Gasteiger partial charge >= 0.3 is 0 Å². The molecular formula is C22H26FN3O3S. The van der Waals surface area contributed by atoms with Gasteiger partial charge in [0.05, 0.1) is 19.0 Å². The highest BCUT2D eigenvalue weighted by molar-refractivity contribution is 7.98. The lowest BCUT2D eigenvalue weighted by molar-refractivity contribution is 0.271. The molecule has 0 aliphatic heterocycles. The van der Waals surface area contributed by atoms with Crippen molar-refractivity contribution in [1.82, 2.24) is 15.1 Å². The normalized spacial score (nSPS) is 11.1. The number of thioether (sulfide) groups is 1. The second kappa shape index (κ2) is 11.6. The molecule has 0 amide bonds. The zero-order chi connectivity index (χ0) is 21.2. The summed E-state index contributed by atoms with van der Waals surface area (Å²) in [5.74, 6) is 2.80. The molecule has 0 bridgehead atoms. The number of ether oxygens (including phenoxy) is 2. The predicted molar refractivity (Wildman–Crippen MR) is 116 cm³/mol. The lowest BCUT2D eigenvalue weighted by Crippen LogP contribution is -2.15. The first kappa shape index (κ1) is 22.1. The Morgan fingerprint density at radius 2 is 1.87 bits per heavy atom. The van der Waals surface area contributed by atoms with Crippen LogP contribution in [0.1, 0.15) is 12.3 Å². The summed E-state index contributed by atoms with van der Waals surface area (Å²) in [7, 11) is 3.98. The monoisotopic (exact) mass is 431 g/mol. The van der Waals surface area contributed by atoms with Crippen molar-refractivity contribution in [2.75, 3.05) is 39.6 Å². The molecule has 0 fully saturated rings. The van der Waals surface area contributed by atoms with Crippen molar-refractivity contribution >= 4 is 11.8 Å². The van der Waals surface area contributed by atoms with Gasteiger partial charge in [-0.2, -0.15) is 0 Å². The van der Waals surface area contributed by atoms with E-state index in [1.807, 2.05) is 44.4 Å². The average Bonchev–Trinajstić information content (AvgIpc) is 3.21. The highest BCUT2D eigenvalue weighted by atomic mass is 32.2. The zero-order valence-corrected chi connectivity index (χ0v) is 18.0. The van der Waals surface area contributed by atoms with Crippen LogP contribution >= 0.6 is 11.8 Å². The molecule has 0 N–H and O–H groups in total. The number of benzene rings is 2. The summed E-state index contributed by atoms with van der Waals surface area (Å²) in [6, 6.07) is 14.4. The summed E-state index contributed by atoms with van der Waals surface area (Å²) in [6.45, 7) is 1.95. The standard InChI is InChI=1S/C22H26FN3O3S/c1-26(2)11-6-12-28-20-10-9-17(15-19(20)23)22-25-24-21(29-22)16-30-14-13-27-18-7-4-3-5-8-18/h3-5,7-10,15H,6,11-14,16H2,1-2H3. The summed E-state index contributed by atoms with van der Waals surface area (Å²) in [4.78, 5) is 2.06. The SMILES string of the molecule is CN(C)CCCOc1ccc(-c2nnc(CSCCOc3ccccc3)o2)cc1F. The molecule has 0 aliphatic carbocycles. The van der Waals surface area contributed by atoms with Gasteiger partial charge in [-0.05, 0) is 50.8 Å². The molecule has 0 saturated heterocycles. The van der Waals surface area contributed by atoms with E-state index in [9.17, 15) is 4.39 Å². The van der Waals surface area contributed by atoms with E-state index >= 15 is 0 Å². The number of rotatable bonds is 12. The fraction of sp³-hybridized carbons (Fsp3) is 0.364. The Hall–Kier alpha value is -2.58. The maximum absolute atomic E-state index is 14.3. The molecule has 0 saturated carbocycles. The Morgan fingerprint density at radius 3 is 2.63 bits per heavy atom. The molecular weight excluding hydrogens is 405 g/mol. The first-order chi connectivity index (χ1) is 14.6. The molecule has 3 rings (SSSR count). The van der Waals surface area contributed by atoms with Gasteiger partial charge in [-0.3, -0.25) is 0 Å². The van der Waals surface area contributed by atoms with Crippen LogP contribution < -0.4 is 9.47 Å². The number of halogens is 1. The molecule has 0 spiro atoms. The minimum atomic E-state index is -0.440. The molecule has 30 heavy (non-hydrogen) atoms. The third kappa shape index (κ3) is 7.03. The molecule has 3 aromatic rings. The van der Waals surface area contributed by atoms with Crippen LogP contribution in [0.15, 0.2) is 52.9 Å². The summed E-state index contributed by atoms with van der Waals surface area (Å²) >= 11 is 1.63. The summed E-state index contributed by atoms with van der Waals surface area (Å²) < 4.78 is 31.1. The van der Waals surface area contributed by atoms with Crippen molar-refractivity contribution in [3.8, 4) is 23.0 Å². The van der Waals surface area contributed by atoms with Crippen LogP contribution in [0.5, 0.6) is 11.5 Å². The van der Waals surface area contributed by atoms with Crippen LogP contribution in [-0.2, 0) is 5.75 Å². The van der Waals surface area contributed by atoms with Gasteiger partial charge in [0.15, 0.2) is 11.6 Å². The number of para-hydroxylation sites is 1. The highest BCUT2D eigenvalue weighted by Crippen LogP contribution is 2.26. The van der Waals surface area contributed by atoms with E-state index in [0.29, 0.717) is 36.3 Å². The molecule has 6 nitrogen and oxygen atoms in total. The summed E-state index contributed by atoms with van der Waals surface area (Å²) in [5.41, 5.74) is 0.532. The molecule has 0 radical (unpaired) electrons. The van der Waals surface area contributed by atoms with Gasteiger partial charge in [0.1, 0.15) is 5.75 Å². The van der Waals surface area contributed by atoms with E-state index in [4.69, 9.17) is 13.9 Å². The predicted octanol–water partition coefficient (Wildman–Crippen LogP) is 4.52. The largest absolute Gasteiger partial charge is 0.493 e. The Labute approximate surface area is 180 Å². The second-order valence-corrected chi connectivity index (χ2v) is 7.97. The van der Waals surface area contributed by atoms with Gasteiger partial charge < -0.3 is 18.8 Å². The van der Waals surface area contributed by atoms with E-state index in [-0.39, 0.29) is 5.75 Å². The molecule has 1 aromatic heterocycles. The first-order valence-electron chi connectivity index (χ1n) is 9.77. The first-order valence-corrected chi connectivity index (χ1v) is 10.9. The van der Waals surface area contributed by atoms with Crippen LogP contribution in [0.2, 0.25) is 0 Å². The number of nitrogens with zero attached hydrogens (tertiary/aromatic N) is 3. The van der Waals surface area contributed by atoms with Crippen molar-refractivity contribution in [3.05, 3.63) is 60.2 Å². The van der Waals surface area contributed by atoms with Gasteiger partial charge in [-0.25, -0.2) is 4.39 Å². The van der Waals surface area contributed by atoms with Crippen LogP contribution in [0.25, 0.3) is 11.5 Å². The van der Waals surface area contributed by atoms with Gasteiger partial charge in [0, 0.05) is 17.9 Å². The topological polar surface area (TPSA) is 60.6 Å². The molecule has 1 heterocycles. The maximum atomic E-state index is 14.3. The smallest absolute Gasteiger partial charge is 0.247 e. The summed E-state index contributed by atoms with van der Waals surface area (Å²) in [5, 5.41) is 8.07. The van der Waals surface area contributed by atoms with E-state index in [1.54, 1.807) is 23.9 Å². The quantitative estimate of drug-likeness (QED) is 0.391. The summed E-state index contributed by atoms with van der Waals surface area (Å²) in [6.07, 6.45) is 0.829. The Bertz CT molecular complexity index is 906. The Kier molecular flexibility index (Phi) is 8.53. The number of hydrogen-bond donors (Lipinski definition) is 0. The van der Waals surface area contributed by atoms with Gasteiger partial charge in [-0.15, -0.1) is 22.0 Å². The molecule has 2 aromatic carbocycles. The molecule has 160 valence electrons. The fourth-order valence-electron chi connectivity index (χ4n) is 2.64. The molecule has 0 atom stereocenters. The highest BCUT2D eigenvalue weighted by Gasteiger charge is 2.12. The van der Waals surface area contributed by atoms with Crippen molar-refractivity contribution in [3.63, 3.8) is 0 Å². The van der Waals surface area contributed by atoms with Crippen LogP contribution in [0.4, 0.5) is 4.39 Å². The molecule has 0 unspecified atom stereocenters. The second-order valence-electron chi connectivity index (χ2n) is 6.87. The minimum Gasteiger partial charge on any atom is -0.493 e. The van der Waals surface area contributed by atoms with E-state index < -0.39 is 5.82 Å². The van der Waals surface area contributed by atoms with Crippen molar-refractivity contribution in [1.29, 1.82) is 0 Å². The third-order valence-corrected chi connectivity index (χ3v) is 5.02. The van der Waals surface area contributed by atoms with Crippen LogP contribution in [0, 0.1) is 5.82 Å². The lowest BCUT2D eigenvalue weighted by atomic mass is 10.2. The number of aromatic nitrogens is 2. The van der Waals surface area contributed by atoms with Crippen molar-refractivity contribution in [2.24, 2.45) is 0 Å². The maximum Gasteiger partial charge on any atom is 0.247 e. The lowest BCUT2D eigenvalue weighted by Gasteiger charge is -2.11. The minimum absolute atomic E-state index is 0.228. The molecule has 0 aliphatic rings. The van der Waals surface area contributed by atoms with Gasteiger partial charge in [0.2, 0.25) is 11.8 Å². The van der Waals surface area contributed by atoms with E-state index in [1.165, 1.54) is 6.07 Å². The Balaban J connectivity index is 1.44. The Morgan fingerprint density at radius 1 is 1.03 bits per heavy atom. The van der Waals surface area contributed by atoms with Crippen molar-refractivity contribution in [2.45, 2.75) is 12.2 Å². The third-order valence-electron chi connectivity index (χ3n) is 4.12.